The molecule has 0 aromatic carbocycles. The predicted octanol–water partition coefficient (Wildman–Crippen LogP) is 1.74. The van der Waals surface area contributed by atoms with Crippen molar-refractivity contribution in [3.63, 3.8) is 0 Å². The first-order valence-electron chi connectivity index (χ1n) is 8.24. The van der Waals surface area contributed by atoms with E-state index in [1.54, 1.807) is 0 Å². The summed E-state index contributed by atoms with van der Waals surface area (Å²) >= 11 is 1.20. The number of piperazine rings is 1. The van der Waals surface area contributed by atoms with Crippen molar-refractivity contribution in [3.8, 4) is 5.88 Å². The Kier molecular flexibility index (Phi) is 4.52. The molecule has 1 aromatic heterocycles. The first-order valence-corrected chi connectivity index (χ1v) is 8.97. The van der Waals surface area contributed by atoms with Crippen molar-refractivity contribution in [3.05, 3.63) is 0 Å². The van der Waals surface area contributed by atoms with Gasteiger partial charge in [0.25, 0.3) is 5.88 Å². The molecule has 0 spiro atoms. The van der Waals surface area contributed by atoms with Gasteiger partial charge in [0.1, 0.15) is 6.10 Å². The average Bonchev–Trinajstić information content (AvgIpc) is 2.93. The van der Waals surface area contributed by atoms with E-state index in [4.69, 9.17) is 4.74 Å². The van der Waals surface area contributed by atoms with Crippen LogP contribution in [-0.2, 0) is 0 Å². The molecule has 0 unspecified atom stereocenters. The van der Waals surface area contributed by atoms with Crippen molar-refractivity contribution in [2.45, 2.75) is 57.7 Å². The van der Waals surface area contributed by atoms with E-state index in [0.29, 0.717) is 5.88 Å². The maximum atomic E-state index is 10.4. The number of hydroxylamine groups is 2. The Bertz CT molecular complexity index is 524. The predicted molar refractivity (Wildman–Crippen MR) is 90.4 cm³/mol. The molecule has 2 fully saturated rings. The van der Waals surface area contributed by atoms with Crippen molar-refractivity contribution < 1.29 is 9.94 Å². The Morgan fingerprint density at radius 2 is 1.74 bits per heavy atom. The van der Waals surface area contributed by atoms with Gasteiger partial charge >= 0.3 is 0 Å². The lowest BCUT2D eigenvalue weighted by molar-refractivity contribution is -0.255. The summed E-state index contributed by atoms with van der Waals surface area (Å²) in [6.45, 7) is 11.9. The van der Waals surface area contributed by atoms with Gasteiger partial charge in [-0.1, -0.05) is 0 Å². The second-order valence-electron chi connectivity index (χ2n) is 7.71. The Morgan fingerprint density at radius 3 is 2.35 bits per heavy atom. The highest BCUT2D eigenvalue weighted by Crippen LogP contribution is 2.39. The van der Waals surface area contributed by atoms with Crippen LogP contribution in [0.25, 0.3) is 0 Å². The maximum absolute atomic E-state index is 10.4. The van der Waals surface area contributed by atoms with Crippen LogP contribution in [0.2, 0.25) is 0 Å². The molecule has 0 radical (unpaired) electrons. The molecule has 2 saturated heterocycles. The zero-order chi connectivity index (χ0) is 16.7. The van der Waals surface area contributed by atoms with E-state index in [-0.39, 0.29) is 17.2 Å². The highest BCUT2D eigenvalue weighted by molar-refractivity contribution is 6.99. The lowest BCUT2D eigenvalue weighted by Crippen LogP contribution is -2.61. The number of nitrogens with zero attached hydrogens (tertiary/aromatic N) is 4. The van der Waals surface area contributed by atoms with Gasteiger partial charge < -0.3 is 20.2 Å². The molecule has 0 atom stereocenters. The summed E-state index contributed by atoms with van der Waals surface area (Å²) in [4.78, 5) is 2.23. The van der Waals surface area contributed by atoms with Crippen molar-refractivity contribution in [1.82, 2.24) is 19.1 Å². The summed E-state index contributed by atoms with van der Waals surface area (Å²) in [6, 6.07) is 0. The molecule has 3 rings (SSSR count). The molecule has 130 valence electrons. The molecule has 3 heterocycles. The van der Waals surface area contributed by atoms with E-state index >= 15 is 0 Å². The van der Waals surface area contributed by atoms with Gasteiger partial charge in [0.2, 0.25) is 5.82 Å². The standard InChI is InChI=1S/C15H27N5O2S/c1-14(2)9-11(10-15(3,4)20(14)21)22-13-12(17-23-18-13)19-7-5-16-6-8-19/h11,16,21H,5-10H2,1-4H3. The topological polar surface area (TPSA) is 73.8 Å². The van der Waals surface area contributed by atoms with Crippen LogP contribution in [-0.4, -0.2) is 62.4 Å². The lowest BCUT2D eigenvalue weighted by Gasteiger charge is -2.51. The van der Waals surface area contributed by atoms with Gasteiger partial charge in [-0.2, -0.15) is 9.44 Å². The Balaban J connectivity index is 1.74. The number of hydrogen-bond acceptors (Lipinski definition) is 8. The van der Waals surface area contributed by atoms with Gasteiger partial charge in [-0.25, -0.2) is 0 Å². The van der Waals surface area contributed by atoms with Crippen LogP contribution in [0.3, 0.4) is 0 Å². The van der Waals surface area contributed by atoms with E-state index in [1.807, 2.05) is 27.7 Å². The van der Waals surface area contributed by atoms with Crippen LogP contribution in [0.4, 0.5) is 5.82 Å². The van der Waals surface area contributed by atoms with Crippen molar-refractivity contribution in [2.24, 2.45) is 0 Å². The molecule has 2 aliphatic heterocycles. The van der Waals surface area contributed by atoms with Crippen LogP contribution in [0, 0.1) is 0 Å². The highest BCUT2D eigenvalue weighted by atomic mass is 32.1. The van der Waals surface area contributed by atoms with Crippen molar-refractivity contribution >= 4 is 17.5 Å². The molecule has 23 heavy (non-hydrogen) atoms. The minimum absolute atomic E-state index is 0.0222. The summed E-state index contributed by atoms with van der Waals surface area (Å²) in [5, 5.41) is 15.2. The molecule has 1 aromatic rings. The number of aromatic nitrogens is 2. The average molecular weight is 341 g/mol. The SMILES string of the molecule is CC1(C)CC(Oc2nsnc2N2CCNCC2)CC(C)(C)N1O. The summed E-state index contributed by atoms with van der Waals surface area (Å²) in [7, 11) is 0. The Morgan fingerprint density at radius 1 is 1.13 bits per heavy atom. The lowest BCUT2D eigenvalue weighted by atomic mass is 9.80. The fourth-order valence-electron chi connectivity index (χ4n) is 3.74. The smallest absolute Gasteiger partial charge is 0.271 e. The van der Waals surface area contributed by atoms with E-state index in [9.17, 15) is 5.21 Å². The third-order valence-electron chi connectivity index (χ3n) is 4.74. The van der Waals surface area contributed by atoms with E-state index in [2.05, 4.69) is 19.0 Å². The molecule has 0 amide bonds. The number of rotatable bonds is 3. The number of piperidine rings is 1. The summed E-state index contributed by atoms with van der Waals surface area (Å²) < 4.78 is 15.0. The molecular weight excluding hydrogens is 314 g/mol. The first kappa shape index (κ1) is 16.9. The summed E-state index contributed by atoms with van der Waals surface area (Å²) in [5.41, 5.74) is -0.657. The summed E-state index contributed by atoms with van der Waals surface area (Å²) in [5.74, 6) is 1.50. The minimum Gasteiger partial charge on any atom is -0.471 e. The van der Waals surface area contributed by atoms with Crippen molar-refractivity contribution in [1.29, 1.82) is 0 Å². The number of hydrogen-bond donors (Lipinski definition) is 2. The van der Waals surface area contributed by atoms with E-state index < -0.39 is 0 Å². The normalized spacial score (nSPS) is 25.5. The van der Waals surface area contributed by atoms with Gasteiger partial charge in [0.05, 0.1) is 11.7 Å². The van der Waals surface area contributed by atoms with Gasteiger partial charge in [-0.15, -0.1) is 4.37 Å². The molecule has 2 N–H and O–H groups in total. The number of nitrogens with one attached hydrogen (secondary N) is 1. The molecule has 8 heteroatoms. The summed E-state index contributed by atoms with van der Waals surface area (Å²) in [6.07, 6.45) is 1.53. The van der Waals surface area contributed by atoms with Gasteiger partial charge in [-0.05, 0) is 27.7 Å². The van der Waals surface area contributed by atoms with E-state index in [0.717, 1.165) is 44.8 Å². The Hall–Kier alpha value is -0.960. The van der Waals surface area contributed by atoms with Gasteiger partial charge in [0.15, 0.2) is 0 Å². The second kappa shape index (κ2) is 6.16. The highest BCUT2D eigenvalue weighted by Gasteiger charge is 2.46. The van der Waals surface area contributed by atoms with Crippen LogP contribution < -0.4 is 15.0 Å². The zero-order valence-corrected chi connectivity index (χ0v) is 15.2. The number of anilines is 1. The van der Waals surface area contributed by atoms with E-state index in [1.165, 1.54) is 16.8 Å². The van der Waals surface area contributed by atoms with Gasteiger partial charge in [-0.3, -0.25) is 0 Å². The van der Waals surface area contributed by atoms with Gasteiger partial charge in [0, 0.05) is 50.1 Å². The second-order valence-corrected chi connectivity index (χ2v) is 8.24. The maximum Gasteiger partial charge on any atom is 0.271 e. The van der Waals surface area contributed by atoms with Crippen LogP contribution >= 0.6 is 11.7 Å². The first-order chi connectivity index (χ1) is 10.8. The minimum atomic E-state index is -0.328. The largest absolute Gasteiger partial charge is 0.471 e. The molecule has 7 nitrogen and oxygen atoms in total. The fraction of sp³-hybridized carbons (Fsp3) is 0.867. The number of ether oxygens (including phenoxy) is 1. The molecule has 0 bridgehead atoms. The molecular formula is C15H27N5O2S. The third-order valence-corrected chi connectivity index (χ3v) is 5.24. The molecule has 2 aliphatic rings. The van der Waals surface area contributed by atoms with Crippen LogP contribution in [0.15, 0.2) is 0 Å². The third kappa shape index (κ3) is 3.45. The molecule has 0 saturated carbocycles. The van der Waals surface area contributed by atoms with Crippen molar-refractivity contribution in [2.75, 3.05) is 31.1 Å². The Labute approximate surface area is 141 Å². The fourth-order valence-corrected chi connectivity index (χ4v) is 4.25. The van der Waals surface area contributed by atoms with Crippen LogP contribution in [0.1, 0.15) is 40.5 Å². The quantitative estimate of drug-likeness (QED) is 0.867. The monoisotopic (exact) mass is 341 g/mol. The zero-order valence-electron chi connectivity index (χ0n) is 14.4. The molecule has 0 aliphatic carbocycles. The van der Waals surface area contributed by atoms with Crippen LogP contribution in [0.5, 0.6) is 5.88 Å².